The predicted molar refractivity (Wildman–Crippen MR) is 102 cm³/mol. The first kappa shape index (κ1) is 20.9. The second-order valence-corrected chi connectivity index (χ2v) is 10.3. The Bertz CT molecular complexity index is 711. The molecule has 25 heavy (non-hydrogen) atoms. The molecule has 1 aromatic heterocycles. The molecule has 1 aromatic rings. The average Bonchev–Trinajstić information content (AvgIpc) is 3.08. The fraction of sp³-hybridized carbons (Fsp3) is 0.667. The summed E-state index contributed by atoms with van der Waals surface area (Å²) in [7, 11) is -3.53. The molecule has 2 unspecified atom stereocenters. The van der Waals surface area contributed by atoms with Gasteiger partial charge in [-0.25, -0.2) is 8.42 Å². The normalized spacial score (nSPS) is 25.4. The van der Waals surface area contributed by atoms with Gasteiger partial charge in [-0.2, -0.15) is 4.31 Å². The third-order valence-electron chi connectivity index (χ3n) is 4.73. The number of nitrogens with zero attached hydrogens (tertiary/aromatic N) is 2. The largest absolute Gasteiger partial charge is 0.341 e. The molecule has 1 saturated carbocycles. The van der Waals surface area contributed by atoms with Crippen LogP contribution >= 0.6 is 35.3 Å². The number of rotatable bonds is 3. The molecule has 10 heteroatoms. The molecular weight excluding hydrogens is 405 g/mol. The molecule has 142 valence electrons. The number of hydrogen-bond acceptors (Lipinski definition) is 5. The zero-order valence-corrected chi connectivity index (χ0v) is 17.0. The van der Waals surface area contributed by atoms with Crippen LogP contribution in [-0.4, -0.2) is 55.8 Å². The molecule has 1 saturated heterocycles. The van der Waals surface area contributed by atoms with E-state index >= 15 is 0 Å². The molecule has 0 aromatic carbocycles. The summed E-state index contributed by atoms with van der Waals surface area (Å²) in [5.41, 5.74) is 5.90. The van der Waals surface area contributed by atoms with E-state index < -0.39 is 10.0 Å². The van der Waals surface area contributed by atoms with Gasteiger partial charge in [0.2, 0.25) is 5.91 Å². The van der Waals surface area contributed by atoms with Gasteiger partial charge < -0.3 is 10.6 Å². The van der Waals surface area contributed by atoms with Crippen LogP contribution in [0.25, 0.3) is 0 Å². The SMILES string of the molecule is Cl.NC1CCC(C(=O)N2CCCN(S(=O)(=O)c3ccc(Cl)s3)CC2)C1. The van der Waals surface area contributed by atoms with Crippen molar-refractivity contribution in [3.05, 3.63) is 16.5 Å². The maximum absolute atomic E-state index is 12.7. The highest BCUT2D eigenvalue weighted by Gasteiger charge is 2.34. The number of hydrogen-bond donors (Lipinski definition) is 1. The highest BCUT2D eigenvalue weighted by atomic mass is 35.5. The first-order valence-corrected chi connectivity index (χ1v) is 10.8. The highest BCUT2D eigenvalue weighted by molar-refractivity contribution is 7.91. The van der Waals surface area contributed by atoms with Crippen molar-refractivity contribution in [2.75, 3.05) is 26.2 Å². The maximum Gasteiger partial charge on any atom is 0.252 e. The number of amides is 1. The Labute approximate surface area is 163 Å². The van der Waals surface area contributed by atoms with Crippen LogP contribution in [0.5, 0.6) is 0 Å². The Morgan fingerprint density at radius 1 is 1.20 bits per heavy atom. The van der Waals surface area contributed by atoms with Crippen LogP contribution < -0.4 is 5.73 Å². The molecule has 0 radical (unpaired) electrons. The van der Waals surface area contributed by atoms with E-state index in [0.29, 0.717) is 36.9 Å². The molecule has 1 aliphatic heterocycles. The molecule has 2 N–H and O–H groups in total. The Morgan fingerprint density at radius 3 is 2.56 bits per heavy atom. The lowest BCUT2D eigenvalue weighted by Gasteiger charge is -2.24. The van der Waals surface area contributed by atoms with Gasteiger partial charge in [0.05, 0.1) is 4.34 Å². The van der Waals surface area contributed by atoms with Crippen LogP contribution in [-0.2, 0) is 14.8 Å². The minimum Gasteiger partial charge on any atom is -0.341 e. The summed E-state index contributed by atoms with van der Waals surface area (Å²) >= 11 is 6.92. The number of carbonyl (C=O) groups excluding carboxylic acids is 1. The Morgan fingerprint density at radius 2 is 1.96 bits per heavy atom. The van der Waals surface area contributed by atoms with Crippen molar-refractivity contribution in [3.63, 3.8) is 0 Å². The van der Waals surface area contributed by atoms with Gasteiger partial charge >= 0.3 is 0 Å². The van der Waals surface area contributed by atoms with E-state index in [0.717, 1.165) is 30.6 Å². The second-order valence-electron chi connectivity index (χ2n) is 6.41. The van der Waals surface area contributed by atoms with Crippen LogP contribution in [0.3, 0.4) is 0 Å². The number of carbonyl (C=O) groups is 1. The first-order chi connectivity index (χ1) is 11.4. The molecule has 2 fully saturated rings. The predicted octanol–water partition coefficient (Wildman–Crippen LogP) is 2.17. The summed E-state index contributed by atoms with van der Waals surface area (Å²) in [6.07, 6.45) is 3.12. The van der Waals surface area contributed by atoms with E-state index in [9.17, 15) is 13.2 Å². The van der Waals surface area contributed by atoms with Crippen LogP contribution in [0.1, 0.15) is 25.7 Å². The van der Waals surface area contributed by atoms with E-state index in [1.807, 2.05) is 0 Å². The van der Waals surface area contributed by atoms with E-state index in [-0.39, 0.29) is 34.5 Å². The molecule has 6 nitrogen and oxygen atoms in total. The van der Waals surface area contributed by atoms with E-state index in [1.54, 1.807) is 11.0 Å². The topological polar surface area (TPSA) is 83.7 Å². The molecule has 3 rings (SSSR count). The summed E-state index contributed by atoms with van der Waals surface area (Å²) in [5.74, 6) is 0.126. The van der Waals surface area contributed by atoms with Crippen LogP contribution in [0.15, 0.2) is 16.3 Å². The van der Waals surface area contributed by atoms with Gasteiger partial charge in [-0.05, 0) is 37.8 Å². The van der Waals surface area contributed by atoms with Crippen molar-refractivity contribution in [1.29, 1.82) is 0 Å². The van der Waals surface area contributed by atoms with Crippen LogP contribution in [0, 0.1) is 5.92 Å². The fourth-order valence-corrected chi connectivity index (χ4v) is 6.52. The molecule has 2 atom stereocenters. The van der Waals surface area contributed by atoms with Gasteiger partial charge in [0.15, 0.2) is 0 Å². The van der Waals surface area contributed by atoms with Crippen molar-refractivity contribution in [2.45, 2.75) is 35.9 Å². The van der Waals surface area contributed by atoms with Crippen molar-refractivity contribution in [2.24, 2.45) is 11.7 Å². The average molecular weight is 428 g/mol. The standard InChI is InChI=1S/C15H22ClN3O3S2.ClH/c16-13-4-5-14(23-13)24(21,22)19-7-1-6-18(8-9-19)15(20)11-2-3-12(17)10-11;/h4-5,11-12H,1-3,6-10,17H2;1H. The lowest BCUT2D eigenvalue weighted by atomic mass is 10.1. The van der Waals surface area contributed by atoms with Crippen molar-refractivity contribution in [1.82, 2.24) is 9.21 Å². The Kier molecular flexibility index (Phi) is 7.15. The molecular formula is C15H23Cl2N3O3S2. The Hall–Kier alpha value is -0.380. The fourth-order valence-electron chi connectivity index (χ4n) is 3.42. The lowest BCUT2D eigenvalue weighted by molar-refractivity contribution is -0.135. The molecule has 1 aliphatic carbocycles. The molecule has 0 spiro atoms. The number of thiophene rings is 1. The molecule has 2 aliphatic rings. The number of nitrogens with two attached hydrogens (primary N) is 1. The zero-order valence-electron chi connectivity index (χ0n) is 13.8. The smallest absolute Gasteiger partial charge is 0.252 e. The second kappa shape index (κ2) is 8.54. The highest BCUT2D eigenvalue weighted by Crippen LogP contribution is 2.29. The zero-order chi connectivity index (χ0) is 17.3. The van der Waals surface area contributed by atoms with Crippen molar-refractivity contribution in [3.8, 4) is 0 Å². The Balaban J connectivity index is 0.00000225. The minimum absolute atomic E-state index is 0. The molecule has 2 heterocycles. The third-order valence-corrected chi connectivity index (χ3v) is 8.33. The summed E-state index contributed by atoms with van der Waals surface area (Å²) in [4.78, 5) is 14.4. The van der Waals surface area contributed by atoms with Gasteiger partial charge in [-0.15, -0.1) is 23.7 Å². The van der Waals surface area contributed by atoms with Crippen LogP contribution in [0.2, 0.25) is 4.34 Å². The van der Waals surface area contributed by atoms with E-state index in [2.05, 4.69) is 0 Å². The van der Waals surface area contributed by atoms with Crippen molar-refractivity contribution < 1.29 is 13.2 Å². The van der Waals surface area contributed by atoms with Gasteiger partial charge in [0, 0.05) is 38.1 Å². The first-order valence-electron chi connectivity index (χ1n) is 8.18. The molecule has 0 bridgehead atoms. The van der Waals surface area contributed by atoms with Gasteiger partial charge in [0.1, 0.15) is 4.21 Å². The summed E-state index contributed by atoms with van der Waals surface area (Å²) in [6, 6.07) is 3.25. The summed E-state index contributed by atoms with van der Waals surface area (Å²) in [5, 5.41) is 0. The summed E-state index contributed by atoms with van der Waals surface area (Å²) < 4.78 is 27.5. The molecule has 1 amide bonds. The van der Waals surface area contributed by atoms with Gasteiger partial charge in [-0.1, -0.05) is 11.6 Å². The lowest BCUT2D eigenvalue weighted by Crippen LogP contribution is -2.39. The maximum atomic E-state index is 12.7. The van der Waals surface area contributed by atoms with E-state index in [1.165, 1.54) is 10.4 Å². The number of sulfonamides is 1. The quantitative estimate of drug-likeness (QED) is 0.800. The van der Waals surface area contributed by atoms with Gasteiger partial charge in [0.25, 0.3) is 10.0 Å². The number of halogens is 2. The van der Waals surface area contributed by atoms with Gasteiger partial charge in [-0.3, -0.25) is 4.79 Å². The minimum atomic E-state index is -3.53. The monoisotopic (exact) mass is 427 g/mol. The summed E-state index contributed by atoms with van der Waals surface area (Å²) in [6.45, 7) is 1.78. The van der Waals surface area contributed by atoms with E-state index in [4.69, 9.17) is 17.3 Å². The van der Waals surface area contributed by atoms with Crippen molar-refractivity contribution >= 4 is 51.3 Å². The van der Waals surface area contributed by atoms with Crippen LogP contribution in [0.4, 0.5) is 0 Å². The third kappa shape index (κ3) is 4.67.